The first kappa shape index (κ1) is 15.6. The van der Waals surface area contributed by atoms with Crippen LogP contribution < -0.4 is 0 Å². The molecule has 0 amide bonds. The van der Waals surface area contributed by atoms with E-state index < -0.39 is 0 Å². The van der Waals surface area contributed by atoms with E-state index in [-0.39, 0.29) is 0 Å². The molecule has 0 aliphatic rings. The zero-order valence-electron chi connectivity index (χ0n) is 13.5. The fourth-order valence-electron chi connectivity index (χ4n) is 2.84. The van der Waals surface area contributed by atoms with Gasteiger partial charge in [0, 0.05) is 5.56 Å². The Labute approximate surface area is 152 Å². The molecule has 0 aliphatic carbocycles. The lowest BCUT2D eigenvalue weighted by Crippen LogP contribution is -1.86. The molecule has 3 aromatic carbocycles. The van der Waals surface area contributed by atoms with Crippen molar-refractivity contribution in [2.45, 2.75) is 0 Å². The zero-order valence-corrected chi connectivity index (χ0v) is 14.3. The van der Waals surface area contributed by atoms with E-state index in [1.807, 2.05) is 78.9 Å². The summed E-state index contributed by atoms with van der Waals surface area (Å²) in [7, 11) is 0. The Kier molecular flexibility index (Phi) is 4.32. The normalized spacial score (nSPS) is 10.6. The van der Waals surface area contributed by atoms with E-state index in [9.17, 15) is 0 Å². The smallest absolute Gasteiger partial charge is 0.207 e. The Bertz CT molecular complexity index is 937. The molecule has 4 rings (SSSR count). The van der Waals surface area contributed by atoms with E-state index in [1.54, 1.807) is 0 Å². The molecule has 2 heteroatoms. The number of hydrogen-bond donors (Lipinski definition) is 0. The van der Waals surface area contributed by atoms with Gasteiger partial charge in [-0.2, -0.15) is 0 Å². The third kappa shape index (κ3) is 3.33. The van der Waals surface area contributed by atoms with Crippen molar-refractivity contribution in [3.8, 4) is 33.8 Å². The summed E-state index contributed by atoms with van der Waals surface area (Å²) in [5.74, 6) is 1.57. The van der Waals surface area contributed by atoms with Gasteiger partial charge in [0.25, 0.3) is 0 Å². The predicted molar refractivity (Wildman–Crippen MR) is 104 cm³/mol. The molecule has 0 atom stereocenters. The Hall–Kier alpha value is -2.90. The summed E-state index contributed by atoms with van der Waals surface area (Å²) >= 11 is 6.40. The first-order valence-electron chi connectivity index (χ1n) is 8.15. The van der Waals surface area contributed by atoms with E-state index in [0.717, 1.165) is 33.8 Å². The van der Waals surface area contributed by atoms with Crippen molar-refractivity contribution in [2.75, 3.05) is 0 Å². The number of hydrogen-bond acceptors (Lipinski definition) is 0. The highest BCUT2D eigenvalue weighted by Crippen LogP contribution is 2.35. The van der Waals surface area contributed by atoms with Crippen LogP contribution in [-0.4, -0.2) is 0 Å². The van der Waals surface area contributed by atoms with Gasteiger partial charge in [-0.15, -0.1) is 0 Å². The van der Waals surface area contributed by atoms with Crippen LogP contribution in [-0.2, 0) is 0 Å². The molecule has 0 fully saturated rings. The highest BCUT2D eigenvalue weighted by Gasteiger charge is 2.21. The fourth-order valence-corrected chi connectivity index (χ4v) is 3.07. The molecule has 1 heterocycles. The Morgan fingerprint density at radius 2 is 1.08 bits per heavy atom. The molecular weight excluding hydrogens is 328 g/mol. The second kappa shape index (κ2) is 6.92. The standard InChI is InChI=1S/C23H16ClO/c24-21-14-8-7-13-20(21)23-16-19(17-9-3-1-4-10-17)15-22(25-23)18-11-5-2-6-12-18/h1-16H/q+1. The summed E-state index contributed by atoms with van der Waals surface area (Å²) < 4.78 is 6.21. The molecule has 0 unspecified atom stereocenters. The van der Waals surface area contributed by atoms with Crippen LogP contribution in [0.3, 0.4) is 0 Å². The van der Waals surface area contributed by atoms with Crippen LogP contribution in [0, 0.1) is 0 Å². The second-order valence-corrected chi connectivity index (χ2v) is 6.19. The number of halogens is 1. The van der Waals surface area contributed by atoms with Gasteiger partial charge in [-0.05, 0) is 29.8 Å². The summed E-state index contributed by atoms with van der Waals surface area (Å²) in [4.78, 5) is 0. The van der Waals surface area contributed by atoms with Gasteiger partial charge in [0.05, 0.1) is 28.3 Å². The zero-order chi connectivity index (χ0) is 17.1. The van der Waals surface area contributed by atoms with Crippen LogP contribution in [0.1, 0.15) is 0 Å². The van der Waals surface area contributed by atoms with Crippen LogP contribution in [0.4, 0.5) is 0 Å². The lowest BCUT2D eigenvalue weighted by atomic mass is 10.0. The van der Waals surface area contributed by atoms with Gasteiger partial charge in [0.15, 0.2) is 0 Å². The van der Waals surface area contributed by atoms with E-state index in [1.165, 1.54) is 0 Å². The van der Waals surface area contributed by atoms with Gasteiger partial charge in [-0.3, -0.25) is 0 Å². The summed E-state index contributed by atoms with van der Waals surface area (Å²) in [5.41, 5.74) is 4.16. The summed E-state index contributed by atoms with van der Waals surface area (Å²) in [6.07, 6.45) is 0. The molecule has 0 bridgehead atoms. The molecule has 0 N–H and O–H groups in total. The summed E-state index contributed by atoms with van der Waals surface area (Å²) in [6.45, 7) is 0. The quantitative estimate of drug-likeness (QED) is 0.357. The second-order valence-electron chi connectivity index (χ2n) is 5.79. The largest absolute Gasteiger partial charge is 0.362 e. The van der Waals surface area contributed by atoms with Crippen molar-refractivity contribution in [1.82, 2.24) is 0 Å². The van der Waals surface area contributed by atoms with Gasteiger partial charge < -0.3 is 0 Å². The summed E-state index contributed by atoms with van der Waals surface area (Å²) in [5, 5.41) is 0.676. The molecule has 0 saturated heterocycles. The Balaban J connectivity index is 1.94. The van der Waals surface area contributed by atoms with E-state index in [0.29, 0.717) is 5.02 Å². The summed E-state index contributed by atoms with van der Waals surface area (Å²) in [6, 6.07) is 32.3. The molecule has 0 saturated carbocycles. The van der Waals surface area contributed by atoms with Gasteiger partial charge in [0.1, 0.15) is 0 Å². The Morgan fingerprint density at radius 1 is 0.520 bits per heavy atom. The van der Waals surface area contributed by atoms with E-state index >= 15 is 0 Å². The Morgan fingerprint density at radius 3 is 1.76 bits per heavy atom. The highest BCUT2D eigenvalue weighted by molar-refractivity contribution is 6.33. The maximum absolute atomic E-state index is 6.40. The van der Waals surface area contributed by atoms with Crippen LogP contribution >= 0.6 is 11.6 Å². The first-order valence-corrected chi connectivity index (χ1v) is 8.53. The van der Waals surface area contributed by atoms with Crippen molar-refractivity contribution in [3.05, 3.63) is 102 Å². The lowest BCUT2D eigenvalue weighted by molar-refractivity contribution is 0.582. The van der Waals surface area contributed by atoms with E-state index in [2.05, 4.69) is 18.2 Å². The lowest BCUT2D eigenvalue weighted by Gasteiger charge is -2.03. The molecule has 25 heavy (non-hydrogen) atoms. The van der Waals surface area contributed by atoms with Crippen LogP contribution in [0.5, 0.6) is 0 Å². The molecule has 0 aliphatic heterocycles. The predicted octanol–water partition coefficient (Wildman–Crippen LogP) is 7.22. The van der Waals surface area contributed by atoms with Gasteiger partial charge >= 0.3 is 11.5 Å². The average Bonchev–Trinajstić information content (AvgIpc) is 2.69. The first-order chi connectivity index (χ1) is 12.3. The van der Waals surface area contributed by atoms with Crippen LogP contribution in [0.2, 0.25) is 5.02 Å². The maximum atomic E-state index is 6.40. The third-order valence-electron chi connectivity index (χ3n) is 4.10. The molecule has 0 radical (unpaired) electrons. The fraction of sp³-hybridized carbons (Fsp3) is 0. The monoisotopic (exact) mass is 343 g/mol. The maximum Gasteiger partial charge on any atom is 0.362 e. The van der Waals surface area contributed by atoms with Crippen molar-refractivity contribution in [3.63, 3.8) is 0 Å². The number of rotatable bonds is 3. The van der Waals surface area contributed by atoms with Crippen molar-refractivity contribution in [1.29, 1.82) is 0 Å². The molecule has 120 valence electrons. The topological polar surface area (TPSA) is 11.3 Å². The molecular formula is C23H16ClO+. The molecule has 1 aromatic heterocycles. The minimum atomic E-state index is 0.676. The third-order valence-corrected chi connectivity index (χ3v) is 4.43. The molecule has 1 nitrogen and oxygen atoms in total. The van der Waals surface area contributed by atoms with Crippen LogP contribution in [0.15, 0.2) is 101 Å². The van der Waals surface area contributed by atoms with Crippen LogP contribution in [0.25, 0.3) is 33.8 Å². The van der Waals surface area contributed by atoms with Crippen molar-refractivity contribution < 1.29 is 4.42 Å². The molecule has 4 aromatic rings. The SMILES string of the molecule is Clc1ccccc1-c1cc(-c2ccccc2)cc(-c2ccccc2)[o+]1. The van der Waals surface area contributed by atoms with Gasteiger partial charge in [-0.1, -0.05) is 72.3 Å². The van der Waals surface area contributed by atoms with E-state index in [4.69, 9.17) is 16.0 Å². The average molecular weight is 344 g/mol. The molecule has 0 spiro atoms. The minimum absolute atomic E-state index is 0.676. The highest BCUT2D eigenvalue weighted by atomic mass is 35.5. The minimum Gasteiger partial charge on any atom is -0.207 e. The van der Waals surface area contributed by atoms with Gasteiger partial charge in [-0.25, -0.2) is 4.42 Å². The number of benzene rings is 3. The van der Waals surface area contributed by atoms with Crippen molar-refractivity contribution >= 4 is 11.6 Å². The van der Waals surface area contributed by atoms with Crippen molar-refractivity contribution in [2.24, 2.45) is 0 Å². The van der Waals surface area contributed by atoms with Gasteiger partial charge in [0.2, 0.25) is 0 Å².